The molecule has 0 unspecified atom stereocenters. The molecule has 1 aromatic rings. The quantitative estimate of drug-likeness (QED) is 0.520. The van der Waals surface area contributed by atoms with E-state index < -0.39 is 14.2 Å². The summed E-state index contributed by atoms with van der Waals surface area (Å²) in [5.74, 6) is 0. The third-order valence-corrected chi connectivity index (χ3v) is 9.68. The average molecular weight is 282 g/mol. The van der Waals surface area contributed by atoms with Crippen molar-refractivity contribution in [3.63, 3.8) is 0 Å². The van der Waals surface area contributed by atoms with E-state index in [-0.39, 0.29) is 5.20 Å². The maximum Gasteiger partial charge on any atom is 0.270 e. The monoisotopic (exact) mass is 282 g/mol. The first-order valence-corrected chi connectivity index (χ1v) is 9.28. The fourth-order valence-corrected chi connectivity index (χ4v) is 6.37. The zero-order valence-electron chi connectivity index (χ0n) is 11.7. The van der Waals surface area contributed by atoms with Crippen LogP contribution in [0.4, 0.5) is 8.78 Å². The molecule has 0 atom stereocenters. The molecule has 1 nitrogen and oxygen atoms in total. The fourth-order valence-electron chi connectivity index (χ4n) is 2.62. The van der Waals surface area contributed by atoms with Gasteiger partial charge in [-0.05, 0) is 5.56 Å². The van der Waals surface area contributed by atoms with Crippen LogP contribution < -0.4 is 0 Å². The number of hydrogen-bond donors (Lipinski definition) is 0. The highest BCUT2D eigenvalue weighted by Crippen LogP contribution is 2.38. The second-order valence-electron chi connectivity index (χ2n) is 4.72. The standard InChI is InChI=1S/C15H20F2OSi/c1-4-19(5-2,6-3)14(15(16)17)13-9-7-12(11-18)8-10-13/h7-11H,4-6H2,1-3H3. The smallest absolute Gasteiger partial charge is 0.270 e. The van der Waals surface area contributed by atoms with Crippen LogP contribution in [0.25, 0.3) is 5.20 Å². The molecule has 19 heavy (non-hydrogen) atoms. The van der Waals surface area contributed by atoms with E-state index in [1.54, 1.807) is 24.3 Å². The van der Waals surface area contributed by atoms with E-state index in [9.17, 15) is 13.6 Å². The Morgan fingerprint density at radius 1 is 1.05 bits per heavy atom. The lowest BCUT2D eigenvalue weighted by Crippen LogP contribution is -2.34. The second-order valence-corrected chi connectivity index (χ2v) is 9.90. The minimum absolute atomic E-state index is 0.262. The van der Waals surface area contributed by atoms with Crippen molar-refractivity contribution >= 4 is 19.6 Å². The summed E-state index contributed by atoms with van der Waals surface area (Å²) in [6.45, 7) is 6.01. The summed E-state index contributed by atoms with van der Waals surface area (Å²) in [6, 6.07) is 8.91. The highest BCUT2D eigenvalue weighted by atomic mass is 28.3. The van der Waals surface area contributed by atoms with E-state index in [4.69, 9.17) is 0 Å². The van der Waals surface area contributed by atoms with Crippen molar-refractivity contribution < 1.29 is 13.6 Å². The Labute approximate surface area is 114 Å². The molecule has 0 N–H and O–H groups in total. The maximum absolute atomic E-state index is 13.5. The van der Waals surface area contributed by atoms with Gasteiger partial charge in [-0.25, -0.2) is 0 Å². The van der Waals surface area contributed by atoms with Crippen LogP contribution in [-0.4, -0.2) is 14.4 Å². The van der Waals surface area contributed by atoms with Gasteiger partial charge in [-0.15, -0.1) is 0 Å². The molecular formula is C15H20F2OSi. The van der Waals surface area contributed by atoms with Crippen LogP contribution in [0.3, 0.4) is 0 Å². The molecule has 0 bridgehead atoms. The molecule has 0 aliphatic heterocycles. The number of hydrogen-bond acceptors (Lipinski definition) is 1. The molecule has 1 aromatic carbocycles. The number of halogens is 2. The molecule has 0 aromatic heterocycles. The van der Waals surface area contributed by atoms with Crippen molar-refractivity contribution in [3.05, 3.63) is 41.5 Å². The Morgan fingerprint density at radius 3 is 1.84 bits per heavy atom. The molecule has 0 aliphatic rings. The largest absolute Gasteiger partial charge is 0.298 e. The van der Waals surface area contributed by atoms with Gasteiger partial charge in [0.1, 0.15) is 6.29 Å². The maximum atomic E-state index is 13.5. The number of rotatable bonds is 6. The van der Waals surface area contributed by atoms with E-state index in [2.05, 4.69) is 0 Å². The number of aldehydes is 1. The third kappa shape index (κ3) is 3.18. The topological polar surface area (TPSA) is 17.1 Å². The van der Waals surface area contributed by atoms with E-state index in [0.717, 1.165) is 24.4 Å². The van der Waals surface area contributed by atoms with Gasteiger partial charge >= 0.3 is 0 Å². The normalized spacial score (nSPS) is 11.2. The summed E-state index contributed by atoms with van der Waals surface area (Å²) in [4.78, 5) is 10.6. The number of benzene rings is 1. The van der Waals surface area contributed by atoms with Crippen LogP contribution in [0.2, 0.25) is 18.1 Å². The van der Waals surface area contributed by atoms with Gasteiger partial charge in [0.05, 0.1) is 8.07 Å². The van der Waals surface area contributed by atoms with Gasteiger partial charge in [0.2, 0.25) is 0 Å². The van der Waals surface area contributed by atoms with Crippen molar-refractivity contribution in [1.82, 2.24) is 0 Å². The summed E-state index contributed by atoms with van der Waals surface area (Å²) in [7, 11) is -2.14. The lowest BCUT2D eigenvalue weighted by molar-refractivity contribution is 0.112. The van der Waals surface area contributed by atoms with Gasteiger partial charge in [-0.3, -0.25) is 4.79 Å². The minimum Gasteiger partial charge on any atom is -0.298 e. The number of carbonyl (C=O) groups excluding carboxylic acids is 1. The first-order chi connectivity index (χ1) is 9.04. The molecule has 0 spiro atoms. The van der Waals surface area contributed by atoms with Crippen molar-refractivity contribution in [2.45, 2.75) is 38.9 Å². The van der Waals surface area contributed by atoms with Crippen molar-refractivity contribution in [1.29, 1.82) is 0 Å². The highest BCUT2D eigenvalue weighted by molar-refractivity contribution is 6.96. The molecule has 1 rings (SSSR count). The molecular weight excluding hydrogens is 262 g/mol. The van der Waals surface area contributed by atoms with Gasteiger partial charge in [-0.2, -0.15) is 8.78 Å². The highest BCUT2D eigenvalue weighted by Gasteiger charge is 2.35. The summed E-state index contributed by atoms with van der Waals surface area (Å²) in [5, 5.41) is 0.262. The van der Waals surface area contributed by atoms with Gasteiger partial charge in [0.25, 0.3) is 6.08 Å². The molecule has 0 heterocycles. The van der Waals surface area contributed by atoms with Crippen LogP contribution in [0.5, 0.6) is 0 Å². The van der Waals surface area contributed by atoms with E-state index in [0.29, 0.717) is 11.1 Å². The van der Waals surface area contributed by atoms with Gasteiger partial charge in [-0.1, -0.05) is 63.2 Å². The Morgan fingerprint density at radius 2 is 1.53 bits per heavy atom. The average Bonchev–Trinajstić information content (AvgIpc) is 2.45. The van der Waals surface area contributed by atoms with Gasteiger partial charge in [0.15, 0.2) is 0 Å². The van der Waals surface area contributed by atoms with Crippen LogP contribution in [0, 0.1) is 0 Å². The van der Waals surface area contributed by atoms with Gasteiger partial charge in [0, 0.05) is 10.8 Å². The molecule has 4 heteroatoms. The lowest BCUT2D eigenvalue weighted by atomic mass is 10.1. The lowest BCUT2D eigenvalue weighted by Gasteiger charge is -2.30. The Hall–Kier alpha value is -1.29. The minimum atomic E-state index is -2.14. The van der Waals surface area contributed by atoms with Crippen LogP contribution in [0.1, 0.15) is 36.7 Å². The first-order valence-electron chi connectivity index (χ1n) is 6.66. The van der Waals surface area contributed by atoms with E-state index >= 15 is 0 Å². The molecule has 0 fully saturated rings. The Bertz CT molecular complexity index is 449. The molecule has 0 saturated carbocycles. The van der Waals surface area contributed by atoms with Crippen LogP contribution >= 0.6 is 0 Å². The van der Waals surface area contributed by atoms with Crippen LogP contribution in [-0.2, 0) is 0 Å². The predicted octanol–water partition coefficient (Wildman–Crippen LogP) is 5.15. The van der Waals surface area contributed by atoms with Crippen molar-refractivity contribution in [2.24, 2.45) is 0 Å². The Kier molecular flexibility index (Phi) is 5.60. The Balaban J connectivity index is 3.36. The molecule has 0 aliphatic carbocycles. The van der Waals surface area contributed by atoms with E-state index in [1.807, 2.05) is 20.8 Å². The summed E-state index contributed by atoms with van der Waals surface area (Å²) < 4.78 is 26.9. The molecule has 0 amide bonds. The molecule has 0 radical (unpaired) electrons. The zero-order valence-corrected chi connectivity index (χ0v) is 12.7. The SMILES string of the molecule is CC[Si](CC)(CC)C(=C(F)F)c1ccc(C=O)cc1. The van der Waals surface area contributed by atoms with Crippen molar-refractivity contribution in [2.75, 3.05) is 0 Å². The summed E-state index contributed by atoms with van der Waals surface area (Å²) >= 11 is 0. The zero-order chi connectivity index (χ0) is 14.5. The fraction of sp³-hybridized carbons (Fsp3) is 0.400. The summed E-state index contributed by atoms with van der Waals surface area (Å²) in [5.41, 5.74) is 1.09. The van der Waals surface area contributed by atoms with Gasteiger partial charge < -0.3 is 0 Å². The predicted molar refractivity (Wildman–Crippen MR) is 78.2 cm³/mol. The first kappa shape index (κ1) is 15.8. The van der Waals surface area contributed by atoms with Crippen molar-refractivity contribution in [3.8, 4) is 0 Å². The van der Waals surface area contributed by atoms with Crippen LogP contribution in [0.15, 0.2) is 30.3 Å². The summed E-state index contributed by atoms with van der Waals surface area (Å²) in [6.07, 6.45) is -0.834. The third-order valence-electron chi connectivity index (χ3n) is 4.09. The molecule has 0 saturated heterocycles. The number of carbonyl (C=O) groups is 1. The second kappa shape index (κ2) is 6.75. The van der Waals surface area contributed by atoms with E-state index in [1.165, 1.54) is 0 Å². The molecule has 104 valence electrons.